The zero-order valence-electron chi connectivity index (χ0n) is 11.8. The van der Waals surface area contributed by atoms with Gasteiger partial charge in [-0.2, -0.15) is 0 Å². The summed E-state index contributed by atoms with van der Waals surface area (Å²) in [6.07, 6.45) is 0. The van der Waals surface area contributed by atoms with E-state index in [1.54, 1.807) is 7.11 Å². The minimum absolute atomic E-state index is 0.242. The van der Waals surface area contributed by atoms with Gasteiger partial charge in [0.15, 0.2) is 5.13 Å². The third-order valence-corrected chi connectivity index (χ3v) is 4.25. The predicted octanol–water partition coefficient (Wildman–Crippen LogP) is 3.26. The van der Waals surface area contributed by atoms with Gasteiger partial charge in [0.05, 0.1) is 22.5 Å². The van der Waals surface area contributed by atoms with Crippen molar-refractivity contribution in [2.75, 3.05) is 37.4 Å². The lowest BCUT2D eigenvalue weighted by Crippen LogP contribution is -2.28. The molecule has 8 heteroatoms. The second-order valence-electron chi connectivity index (χ2n) is 4.22. The van der Waals surface area contributed by atoms with Gasteiger partial charge >= 0.3 is 6.03 Å². The van der Waals surface area contributed by atoms with Crippen LogP contribution in [-0.4, -0.2) is 37.8 Å². The van der Waals surface area contributed by atoms with Crippen LogP contribution in [0.5, 0.6) is 0 Å². The monoisotopic (exact) mass is 372 g/mol. The number of hydrogen-bond acceptors (Lipinski definition) is 5. The number of aromatic nitrogens is 1. The number of thiazole rings is 1. The van der Waals surface area contributed by atoms with Gasteiger partial charge in [-0.25, -0.2) is 9.78 Å². The molecular formula is C13H17BrN4O2S. The molecule has 1 heterocycles. The summed E-state index contributed by atoms with van der Waals surface area (Å²) in [5.41, 5.74) is 1.82. The van der Waals surface area contributed by atoms with Crippen LogP contribution in [0, 0.1) is 0 Å². The molecule has 0 aliphatic carbocycles. The largest absolute Gasteiger partial charge is 0.383 e. The Hall–Kier alpha value is -1.38. The summed E-state index contributed by atoms with van der Waals surface area (Å²) in [6, 6.07) is 3.70. The molecule has 21 heavy (non-hydrogen) atoms. The summed E-state index contributed by atoms with van der Waals surface area (Å²) in [5.74, 6) is 0. The Kier molecular flexibility index (Phi) is 5.77. The van der Waals surface area contributed by atoms with Gasteiger partial charge in [-0.05, 0) is 35.0 Å². The Morgan fingerprint density at radius 1 is 1.48 bits per heavy atom. The van der Waals surface area contributed by atoms with E-state index < -0.39 is 0 Å². The van der Waals surface area contributed by atoms with Crippen LogP contribution < -0.4 is 16.0 Å². The maximum absolute atomic E-state index is 11.5. The van der Waals surface area contributed by atoms with Gasteiger partial charge in [0.2, 0.25) is 0 Å². The third kappa shape index (κ3) is 4.29. The summed E-state index contributed by atoms with van der Waals surface area (Å²) < 4.78 is 6.96. The van der Waals surface area contributed by atoms with E-state index in [0.717, 1.165) is 26.9 Å². The van der Waals surface area contributed by atoms with Crippen LogP contribution in [-0.2, 0) is 4.74 Å². The Bertz CT molecular complexity index is 632. The fourth-order valence-corrected chi connectivity index (χ4v) is 3.08. The molecule has 2 aromatic rings. The number of ether oxygens (including phenoxy) is 1. The van der Waals surface area contributed by atoms with Gasteiger partial charge in [-0.3, -0.25) is 5.32 Å². The van der Waals surface area contributed by atoms with Crippen molar-refractivity contribution in [3.05, 3.63) is 16.6 Å². The Morgan fingerprint density at radius 3 is 3.00 bits per heavy atom. The number of rotatable bonds is 6. The number of hydrogen-bond donors (Lipinski definition) is 3. The van der Waals surface area contributed by atoms with Gasteiger partial charge in [0.1, 0.15) is 0 Å². The minimum atomic E-state index is -0.242. The van der Waals surface area contributed by atoms with E-state index in [1.807, 2.05) is 19.1 Å². The first-order valence-electron chi connectivity index (χ1n) is 6.51. The molecule has 114 valence electrons. The average Bonchev–Trinajstić information content (AvgIpc) is 2.80. The van der Waals surface area contributed by atoms with E-state index in [-0.39, 0.29) is 6.03 Å². The fraction of sp³-hybridized carbons (Fsp3) is 0.385. The minimum Gasteiger partial charge on any atom is -0.383 e. The van der Waals surface area contributed by atoms with Crippen molar-refractivity contribution in [2.45, 2.75) is 6.92 Å². The lowest BCUT2D eigenvalue weighted by atomic mass is 10.3. The number of nitrogens with one attached hydrogen (secondary N) is 3. The lowest BCUT2D eigenvalue weighted by molar-refractivity contribution is 0.211. The molecule has 0 radical (unpaired) electrons. The molecule has 3 N–H and O–H groups in total. The van der Waals surface area contributed by atoms with Crippen LogP contribution in [0.15, 0.2) is 16.6 Å². The number of carbonyl (C=O) groups is 1. The molecule has 2 amide bonds. The predicted molar refractivity (Wildman–Crippen MR) is 90.4 cm³/mol. The average molecular weight is 373 g/mol. The zero-order chi connectivity index (χ0) is 15.2. The van der Waals surface area contributed by atoms with Gasteiger partial charge in [-0.1, -0.05) is 11.3 Å². The van der Waals surface area contributed by atoms with E-state index >= 15 is 0 Å². The molecule has 1 aromatic carbocycles. The van der Waals surface area contributed by atoms with Crippen molar-refractivity contribution >= 4 is 54.3 Å². The Labute approximate surface area is 135 Å². The maximum atomic E-state index is 11.5. The highest BCUT2D eigenvalue weighted by Gasteiger charge is 2.10. The first kappa shape index (κ1) is 16.0. The molecule has 0 unspecified atom stereocenters. The molecular weight excluding hydrogens is 356 g/mol. The summed E-state index contributed by atoms with van der Waals surface area (Å²) >= 11 is 4.95. The van der Waals surface area contributed by atoms with Crippen LogP contribution in [0.25, 0.3) is 10.2 Å². The molecule has 0 bridgehead atoms. The van der Waals surface area contributed by atoms with Crippen LogP contribution in [0.3, 0.4) is 0 Å². The van der Waals surface area contributed by atoms with Gasteiger partial charge in [0.25, 0.3) is 0 Å². The van der Waals surface area contributed by atoms with Gasteiger partial charge < -0.3 is 15.4 Å². The van der Waals surface area contributed by atoms with Gasteiger partial charge in [-0.15, -0.1) is 0 Å². The quantitative estimate of drug-likeness (QED) is 0.680. The number of fused-ring (bicyclic) bond motifs is 1. The molecule has 0 spiro atoms. The smallest absolute Gasteiger partial charge is 0.321 e. The van der Waals surface area contributed by atoms with E-state index in [0.29, 0.717) is 18.3 Å². The molecule has 0 aliphatic rings. The van der Waals surface area contributed by atoms with Crippen molar-refractivity contribution < 1.29 is 9.53 Å². The number of urea groups is 1. The Balaban J connectivity index is 2.16. The first-order chi connectivity index (χ1) is 10.1. The molecule has 0 saturated carbocycles. The normalized spacial score (nSPS) is 10.6. The lowest BCUT2D eigenvalue weighted by Gasteiger charge is -2.07. The third-order valence-electron chi connectivity index (χ3n) is 2.66. The van der Waals surface area contributed by atoms with E-state index in [9.17, 15) is 4.79 Å². The highest BCUT2D eigenvalue weighted by molar-refractivity contribution is 9.10. The number of nitrogens with zero attached hydrogens (tertiary/aromatic N) is 1. The van der Waals surface area contributed by atoms with E-state index in [4.69, 9.17) is 4.74 Å². The molecule has 1 aromatic heterocycles. The number of benzene rings is 1. The van der Waals surface area contributed by atoms with Crippen molar-refractivity contribution in [1.29, 1.82) is 0 Å². The fourth-order valence-electron chi connectivity index (χ4n) is 1.73. The summed E-state index contributed by atoms with van der Waals surface area (Å²) in [5, 5.41) is 9.27. The highest BCUT2D eigenvalue weighted by Crippen LogP contribution is 2.33. The number of anilines is 2. The van der Waals surface area contributed by atoms with Crippen molar-refractivity contribution in [1.82, 2.24) is 10.3 Å². The topological polar surface area (TPSA) is 75.3 Å². The van der Waals surface area contributed by atoms with E-state index in [2.05, 4.69) is 36.9 Å². The molecule has 2 rings (SSSR count). The van der Waals surface area contributed by atoms with Crippen molar-refractivity contribution in [3.8, 4) is 0 Å². The highest BCUT2D eigenvalue weighted by atomic mass is 79.9. The molecule has 0 aliphatic heterocycles. The number of amides is 2. The van der Waals surface area contributed by atoms with E-state index in [1.165, 1.54) is 11.3 Å². The summed E-state index contributed by atoms with van der Waals surface area (Å²) in [7, 11) is 1.67. The van der Waals surface area contributed by atoms with Crippen LogP contribution in [0.1, 0.15) is 6.92 Å². The van der Waals surface area contributed by atoms with Gasteiger partial charge in [0, 0.05) is 24.7 Å². The van der Waals surface area contributed by atoms with Crippen LogP contribution in [0.4, 0.5) is 15.6 Å². The van der Waals surface area contributed by atoms with Crippen LogP contribution in [0.2, 0.25) is 0 Å². The van der Waals surface area contributed by atoms with Crippen molar-refractivity contribution in [3.63, 3.8) is 0 Å². The second-order valence-corrected chi connectivity index (χ2v) is 6.11. The first-order valence-corrected chi connectivity index (χ1v) is 8.12. The number of halogens is 1. The zero-order valence-corrected chi connectivity index (χ0v) is 14.2. The maximum Gasteiger partial charge on any atom is 0.321 e. The summed E-state index contributed by atoms with van der Waals surface area (Å²) in [6.45, 7) is 3.81. The SMILES string of the molecule is CCNC(=O)Nc1nc2cc(Br)c(NCCOC)cc2s1. The Morgan fingerprint density at radius 2 is 2.29 bits per heavy atom. The molecule has 6 nitrogen and oxygen atoms in total. The molecule has 0 atom stereocenters. The summed E-state index contributed by atoms with van der Waals surface area (Å²) in [4.78, 5) is 15.9. The van der Waals surface area contributed by atoms with Crippen LogP contribution >= 0.6 is 27.3 Å². The van der Waals surface area contributed by atoms with Crippen molar-refractivity contribution in [2.24, 2.45) is 0 Å². The number of carbonyl (C=O) groups excluding carboxylic acids is 1. The number of methoxy groups -OCH3 is 1. The molecule has 0 fully saturated rings. The molecule has 0 saturated heterocycles. The standard InChI is InChI=1S/C13H17BrN4O2S/c1-3-15-12(19)18-13-17-10-6-8(14)9(7-11(10)21-13)16-4-5-20-2/h6-7,16H,3-5H2,1-2H3,(H2,15,17,18,19). The second kappa shape index (κ2) is 7.58.